The van der Waals surface area contributed by atoms with Crippen molar-refractivity contribution >= 4 is 27.8 Å². The molecule has 0 aliphatic carbocycles. The second kappa shape index (κ2) is 7.94. The van der Waals surface area contributed by atoms with Gasteiger partial charge < -0.3 is 9.15 Å². The van der Waals surface area contributed by atoms with Crippen LogP contribution in [0.15, 0.2) is 75.6 Å². The van der Waals surface area contributed by atoms with Crippen LogP contribution < -0.4 is 4.74 Å². The number of ether oxygens (including phenoxy) is 1. The molecule has 3 aromatic rings. The molecular weight excluding hydrogens is 387 g/mol. The van der Waals surface area contributed by atoms with Crippen molar-refractivity contribution in [1.82, 2.24) is 0 Å². The average Bonchev–Trinajstić information content (AvgIpc) is 3.07. The van der Waals surface area contributed by atoms with E-state index in [0.29, 0.717) is 22.8 Å². The van der Waals surface area contributed by atoms with Gasteiger partial charge >= 0.3 is 0 Å². The Balaban J connectivity index is 1.59. The molecule has 0 N–H and O–H groups in total. The Kier molecular flexibility index (Phi) is 5.46. The van der Waals surface area contributed by atoms with Crippen LogP contribution in [0.25, 0.3) is 6.08 Å². The van der Waals surface area contributed by atoms with Crippen LogP contribution in [0, 0.1) is 5.82 Å². The third-order valence-electron chi connectivity index (χ3n) is 3.39. The third-order valence-corrected chi connectivity index (χ3v) is 3.88. The maximum Gasteiger partial charge on any atom is 0.186 e. The fourth-order valence-corrected chi connectivity index (χ4v) is 2.54. The predicted octanol–water partition coefficient (Wildman–Crippen LogP) is 5.66. The summed E-state index contributed by atoms with van der Waals surface area (Å²) in [5.41, 5.74) is 0.594. The van der Waals surface area contributed by atoms with Crippen LogP contribution in [0.1, 0.15) is 21.9 Å². The molecule has 0 aliphatic rings. The number of hydrogen-bond donors (Lipinski definition) is 0. The Morgan fingerprint density at radius 1 is 1.12 bits per heavy atom. The van der Waals surface area contributed by atoms with Crippen LogP contribution in [0.4, 0.5) is 4.39 Å². The Morgan fingerprint density at radius 3 is 2.68 bits per heavy atom. The monoisotopic (exact) mass is 400 g/mol. The first-order valence-electron chi connectivity index (χ1n) is 7.55. The maximum absolute atomic E-state index is 12.8. The highest BCUT2D eigenvalue weighted by molar-refractivity contribution is 9.10. The molecule has 0 saturated carbocycles. The summed E-state index contributed by atoms with van der Waals surface area (Å²) >= 11 is 3.34. The van der Waals surface area contributed by atoms with Crippen LogP contribution in [0.3, 0.4) is 0 Å². The van der Waals surface area contributed by atoms with E-state index in [0.717, 1.165) is 4.47 Å². The van der Waals surface area contributed by atoms with Gasteiger partial charge in [-0.25, -0.2) is 4.39 Å². The maximum atomic E-state index is 12.8. The highest BCUT2D eigenvalue weighted by atomic mass is 79.9. The van der Waals surface area contributed by atoms with Gasteiger partial charge in [-0.1, -0.05) is 28.1 Å². The van der Waals surface area contributed by atoms with Crippen LogP contribution >= 0.6 is 15.9 Å². The summed E-state index contributed by atoms with van der Waals surface area (Å²) in [6.45, 7) is 0.221. The van der Waals surface area contributed by atoms with E-state index in [2.05, 4.69) is 15.9 Å². The molecule has 0 saturated heterocycles. The molecule has 0 unspecified atom stereocenters. The Bertz CT molecular complexity index is 897. The van der Waals surface area contributed by atoms with Gasteiger partial charge in [0, 0.05) is 10.0 Å². The first-order chi connectivity index (χ1) is 12.1. The van der Waals surface area contributed by atoms with Gasteiger partial charge in [0.25, 0.3) is 0 Å². The van der Waals surface area contributed by atoms with Crippen molar-refractivity contribution in [3.05, 3.63) is 94.1 Å². The van der Waals surface area contributed by atoms with Gasteiger partial charge in [0.15, 0.2) is 5.78 Å². The zero-order valence-corrected chi connectivity index (χ0v) is 14.7. The average molecular weight is 401 g/mol. The van der Waals surface area contributed by atoms with Gasteiger partial charge in [0.05, 0.1) is 0 Å². The van der Waals surface area contributed by atoms with E-state index in [-0.39, 0.29) is 18.2 Å². The molecule has 0 atom stereocenters. The number of furan rings is 1. The van der Waals surface area contributed by atoms with Crippen molar-refractivity contribution < 1.29 is 18.3 Å². The zero-order chi connectivity index (χ0) is 17.6. The van der Waals surface area contributed by atoms with Crippen LogP contribution in [0.5, 0.6) is 5.75 Å². The quantitative estimate of drug-likeness (QED) is 0.396. The molecule has 25 heavy (non-hydrogen) atoms. The molecule has 1 heterocycles. The van der Waals surface area contributed by atoms with Gasteiger partial charge in [-0.05, 0) is 60.7 Å². The standard InChI is InChI=1S/C20H14BrFO3/c21-15-3-1-2-14(12-15)20(23)11-10-18-8-9-19(25-18)13-24-17-6-4-16(22)5-7-17/h1-12H,13H2/b11-10+. The predicted molar refractivity (Wildman–Crippen MR) is 96.9 cm³/mol. The number of hydrogen-bond acceptors (Lipinski definition) is 3. The molecule has 0 fully saturated rings. The fourth-order valence-electron chi connectivity index (χ4n) is 2.14. The van der Waals surface area contributed by atoms with Crippen LogP contribution in [-0.2, 0) is 6.61 Å². The van der Waals surface area contributed by atoms with Gasteiger partial charge in [-0.2, -0.15) is 0 Å². The number of benzene rings is 2. The van der Waals surface area contributed by atoms with Crippen molar-refractivity contribution in [3.8, 4) is 5.75 Å². The summed E-state index contributed by atoms with van der Waals surface area (Å²) in [7, 11) is 0. The van der Waals surface area contributed by atoms with Gasteiger partial charge in [-0.15, -0.1) is 0 Å². The lowest BCUT2D eigenvalue weighted by Gasteiger charge is -2.03. The van der Waals surface area contributed by atoms with Crippen molar-refractivity contribution in [1.29, 1.82) is 0 Å². The largest absolute Gasteiger partial charge is 0.486 e. The molecule has 1 aromatic heterocycles. The van der Waals surface area contributed by atoms with Gasteiger partial charge in [0.2, 0.25) is 0 Å². The first-order valence-corrected chi connectivity index (χ1v) is 8.34. The molecule has 0 aliphatic heterocycles. The molecule has 5 heteroatoms. The van der Waals surface area contributed by atoms with E-state index in [9.17, 15) is 9.18 Å². The molecule has 3 rings (SSSR count). The van der Waals surface area contributed by atoms with E-state index in [1.165, 1.54) is 18.2 Å². The van der Waals surface area contributed by atoms with Gasteiger partial charge in [0.1, 0.15) is 29.7 Å². The highest BCUT2D eigenvalue weighted by Gasteiger charge is 2.04. The normalized spacial score (nSPS) is 11.0. The minimum Gasteiger partial charge on any atom is -0.486 e. The summed E-state index contributed by atoms with van der Waals surface area (Å²) in [4.78, 5) is 12.1. The minimum atomic E-state index is -0.312. The van der Waals surface area contributed by atoms with E-state index in [1.807, 2.05) is 12.1 Å². The zero-order valence-electron chi connectivity index (χ0n) is 13.1. The summed E-state index contributed by atoms with van der Waals surface area (Å²) in [5, 5.41) is 0. The second-order valence-corrected chi connectivity index (χ2v) is 6.17. The number of halogens is 2. The number of carbonyl (C=O) groups is 1. The van der Waals surface area contributed by atoms with E-state index in [1.54, 1.807) is 42.5 Å². The van der Waals surface area contributed by atoms with Crippen molar-refractivity contribution in [2.75, 3.05) is 0 Å². The topological polar surface area (TPSA) is 39.4 Å². The molecule has 0 spiro atoms. The Morgan fingerprint density at radius 2 is 1.92 bits per heavy atom. The van der Waals surface area contributed by atoms with Crippen LogP contribution in [-0.4, -0.2) is 5.78 Å². The minimum absolute atomic E-state index is 0.109. The first kappa shape index (κ1) is 17.2. The number of ketones is 1. The molecule has 2 aromatic carbocycles. The lowest BCUT2D eigenvalue weighted by atomic mass is 10.1. The number of rotatable bonds is 6. The SMILES string of the molecule is O=C(/C=C/c1ccc(COc2ccc(F)cc2)o1)c1cccc(Br)c1. The molecule has 0 bridgehead atoms. The van der Waals surface area contributed by atoms with Gasteiger partial charge in [-0.3, -0.25) is 4.79 Å². The molecule has 0 amide bonds. The lowest BCUT2D eigenvalue weighted by Crippen LogP contribution is -1.93. The Hall–Kier alpha value is -2.66. The van der Waals surface area contributed by atoms with Crippen molar-refractivity contribution in [2.45, 2.75) is 6.61 Å². The number of allylic oxidation sites excluding steroid dienone is 1. The van der Waals surface area contributed by atoms with E-state index < -0.39 is 0 Å². The van der Waals surface area contributed by atoms with E-state index in [4.69, 9.17) is 9.15 Å². The van der Waals surface area contributed by atoms with Crippen molar-refractivity contribution in [3.63, 3.8) is 0 Å². The third kappa shape index (κ3) is 4.90. The summed E-state index contributed by atoms with van der Waals surface area (Å²) in [6.07, 6.45) is 3.08. The summed E-state index contributed by atoms with van der Waals surface area (Å²) in [5.74, 6) is 1.30. The molecule has 126 valence electrons. The molecule has 0 radical (unpaired) electrons. The molecule has 3 nitrogen and oxygen atoms in total. The lowest BCUT2D eigenvalue weighted by molar-refractivity contribution is 0.104. The highest BCUT2D eigenvalue weighted by Crippen LogP contribution is 2.17. The van der Waals surface area contributed by atoms with Crippen molar-refractivity contribution in [2.24, 2.45) is 0 Å². The van der Waals surface area contributed by atoms with E-state index >= 15 is 0 Å². The number of carbonyl (C=O) groups excluding carboxylic acids is 1. The second-order valence-electron chi connectivity index (χ2n) is 5.25. The van der Waals surface area contributed by atoms with Crippen LogP contribution in [0.2, 0.25) is 0 Å². The fraction of sp³-hybridized carbons (Fsp3) is 0.0500. The summed E-state index contributed by atoms with van der Waals surface area (Å²) in [6, 6.07) is 16.5. The smallest absolute Gasteiger partial charge is 0.186 e. The Labute approximate surface area is 152 Å². The summed E-state index contributed by atoms with van der Waals surface area (Å²) < 4.78 is 24.8. The molecular formula is C20H14BrFO3.